The molecule has 0 saturated carbocycles. The van der Waals surface area contributed by atoms with Crippen molar-refractivity contribution in [1.82, 2.24) is 0 Å². The van der Waals surface area contributed by atoms with E-state index in [0.717, 1.165) is 22.9 Å². The lowest BCUT2D eigenvalue weighted by Crippen LogP contribution is -2.05. The second-order valence-electron chi connectivity index (χ2n) is 5.22. The van der Waals surface area contributed by atoms with Crippen LogP contribution in [0.3, 0.4) is 0 Å². The number of hydrogen-bond donors (Lipinski definition) is 0. The summed E-state index contributed by atoms with van der Waals surface area (Å²) < 4.78 is 10.6. The van der Waals surface area contributed by atoms with E-state index in [0.29, 0.717) is 18.1 Å². The van der Waals surface area contributed by atoms with Crippen LogP contribution in [0.2, 0.25) is 0 Å². The molecule has 0 unspecified atom stereocenters. The van der Waals surface area contributed by atoms with Crippen LogP contribution in [0.4, 0.5) is 0 Å². The minimum absolute atomic E-state index is 0.343. The van der Waals surface area contributed by atoms with Crippen molar-refractivity contribution in [2.24, 2.45) is 5.92 Å². The summed E-state index contributed by atoms with van der Waals surface area (Å²) in [5.41, 5.74) is 0.519. The Hall–Kier alpha value is -2.03. The maximum atomic E-state index is 11.7. The number of ether oxygens (including phenoxy) is 2. The summed E-state index contributed by atoms with van der Waals surface area (Å²) in [4.78, 5) is 11.7. The molecular weight excluding hydrogens is 252 g/mol. The van der Waals surface area contributed by atoms with Crippen molar-refractivity contribution in [3.63, 3.8) is 0 Å². The summed E-state index contributed by atoms with van der Waals surface area (Å²) in [6, 6.07) is 11.5. The molecule has 0 aromatic heterocycles. The molecule has 0 spiro atoms. The number of benzene rings is 2. The third-order valence-electron chi connectivity index (χ3n) is 3.20. The van der Waals surface area contributed by atoms with Gasteiger partial charge in [-0.25, -0.2) is 4.79 Å². The Morgan fingerprint density at radius 3 is 2.65 bits per heavy atom. The van der Waals surface area contributed by atoms with Gasteiger partial charge in [0.15, 0.2) is 0 Å². The molecule has 0 saturated heterocycles. The molecule has 0 radical (unpaired) electrons. The highest BCUT2D eigenvalue weighted by atomic mass is 16.5. The van der Waals surface area contributed by atoms with Gasteiger partial charge in [-0.1, -0.05) is 38.1 Å². The smallest absolute Gasteiger partial charge is 0.338 e. The molecule has 0 aliphatic rings. The molecule has 20 heavy (non-hydrogen) atoms. The van der Waals surface area contributed by atoms with Crippen LogP contribution in [0, 0.1) is 5.92 Å². The Kier molecular flexibility index (Phi) is 4.61. The monoisotopic (exact) mass is 272 g/mol. The van der Waals surface area contributed by atoms with Crippen LogP contribution in [0.25, 0.3) is 10.8 Å². The number of esters is 1. The van der Waals surface area contributed by atoms with E-state index in [4.69, 9.17) is 9.47 Å². The van der Waals surface area contributed by atoms with Gasteiger partial charge in [-0.3, -0.25) is 0 Å². The number of carbonyl (C=O) groups excluding carboxylic acids is 1. The Balaban J connectivity index is 2.36. The van der Waals surface area contributed by atoms with Gasteiger partial charge in [0.25, 0.3) is 0 Å². The average molecular weight is 272 g/mol. The first-order valence-corrected chi connectivity index (χ1v) is 6.85. The number of fused-ring (bicyclic) bond motifs is 1. The van der Waals surface area contributed by atoms with Crippen LogP contribution in [0.5, 0.6) is 5.75 Å². The predicted octanol–water partition coefficient (Wildman–Crippen LogP) is 4.05. The topological polar surface area (TPSA) is 35.5 Å². The second kappa shape index (κ2) is 6.42. The zero-order chi connectivity index (χ0) is 14.5. The Labute approximate surface area is 119 Å². The van der Waals surface area contributed by atoms with E-state index in [2.05, 4.69) is 13.8 Å². The molecule has 0 fully saturated rings. The summed E-state index contributed by atoms with van der Waals surface area (Å²) in [6.45, 7) is 4.96. The first-order valence-electron chi connectivity index (χ1n) is 6.85. The van der Waals surface area contributed by atoms with Gasteiger partial charge in [0.2, 0.25) is 0 Å². The van der Waals surface area contributed by atoms with Crippen LogP contribution in [-0.4, -0.2) is 19.7 Å². The van der Waals surface area contributed by atoms with Crippen molar-refractivity contribution in [2.75, 3.05) is 13.7 Å². The lowest BCUT2D eigenvalue weighted by molar-refractivity contribution is 0.0600. The standard InChI is InChI=1S/C17H20O3/c1-12(2)8-9-20-16-11-14(17(18)19-3)10-13-6-4-5-7-15(13)16/h4-7,10-12H,8-9H2,1-3H3. The maximum Gasteiger partial charge on any atom is 0.338 e. The molecule has 0 heterocycles. The van der Waals surface area contributed by atoms with Gasteiger partial charge in [0, 0.05) is 5.39 Å². The summed E-state index contributed by atoms with van der Waals surface area (Å²) in [5, 5.41) is 2.00. The predicted molar refractivity (Wildman–Crippen MR) is 80.2 cm³/mol. The average Bonchev–Trinajstić information content (AvgIpc) is 2.45. The van der Waals surface area contributed by atoms with E-state index in [9.17, 15) is 4.79 Å². The highest BCUT2D eigenvalue weighted by Crippen LogP contribution is 2.28. The number of methoxy groups -OCH3 is 1. The molecule has 0 aliphatic heterocycles. The van der Waals surface area contributed by atoms with E-state index in [1.807, 2.05) is 30.3 Å². The van der Waals surface area contributed by atoms with E-state index in [-0.39, 0.29) is 5.97 Å². The van der Waals surface area contributed by atoms with Gasteiger partial charge in [0.05, 0.1) is 19.3 Å². The molecule has 106 valence electrons. The molecule has 2 aromatic rings. The number of rotatable bonds is 5. The van der Waals surface area contributed by atoms with Crippen molar-refractivity contribution >= 4 is 16.7 Å². The molecular formula is C17H20O3. The zero-order valence-electron chi connectivity index (χ0n) is 12.2. The molecule has 2 aromatic carbocycles. The molecule has 0 aliphatic carbocycles. The quantitative estimate of drug-likeness (QED) is 0.770. The zero-order valence-corrected chi connectivity index (χ0v) is 12.2. The van der Waals surface area contributed by atoms with Gasteiger partial charge in [0.1, 0.15) is 5.75 Å². The molecule has 0 atom stereocenters. The van der Waals surface area contributed by atoms with Crippen LogP contribution >= 0.6 is 0 Å². The van der Waals surface area contributed by atoms with Crippen molar-refractivity contribution in [1.29, 1.82) is 0 Å². The summed E-state index contributed by atoms with van der Waals surface area (Å²) in [7, 11) is 1.39. The fraction of sp³-hybridized carbons (Fsp3) is 0.353. The molecule has 0 bridgehead atoms. The first kappa shape index (κ1) is 14.4. The van der Waals surface area contributed by atoms with Crippen LogP contribution < -0.4 is 4.74 Å². The minimum Gasteiger partial charge on any atom is -0.493 e. The van der Waals surface area contributed by atoms with Crippen molar-refractivity contribution in [3.05, 3.63) is 42.0 Å². The van der Waals surface area contributed by atoms with Gasteiger partial charge >= 0.3 is 5.97 Å². The third-order valence-corrected chi connectivity index (χ3v) is 3.20. The fourth-order valence-corrected chi connectivity index (χ4v) is 2.04. The molecule has 0 N–H and O–H groups in total. The van der Waals surface area contributed by atoms with Gasteiger partial charge in [-0.15, -0.1) is 0 Å². The van der Waals surface area contributed by atoms with Gasteiger partial charge in [-0.05, 0) is 29.9 Å². The fourth-order valence-electron chi connectivity index (χ4n) is 2.04. The third kappa shape index (κ3) is 3.29. The molecule has 2 rings (SSSR count). The van der Waals surface area contributed by atoms with Gasteiger partial charge in [-0.2, -0.15) is 0 Å². The first-order chi connectivity index (χ1) is 9.61. The Morgan fingerprint density at radius 2 is 1.95 bits per heavy atom. The van der Waals surface area contributed by atoms with Crippen LogP contribution in [0.1, 0.15) is 30.6 Å². The van der Waals surface area contributed by atoms with Gasteiger partial charge < -0.3 is 9.47 Å². The largest absolute Gasteiger partial charge is 0.493 e. The van der Waals surface area contributed by atoms with E-state index in [1.165, 1.54) is 7.11 Å². The van der Waals surface area contributed by atoms with Crippen molar-refractivity contribution < 1.29 is 14.3 Å². The van der Waals surface area contributed by atoms with Crippen molar-refractivity contribution in [2.45, 2.75) is 20.3 Å². The van der Waals surface area contributed by atoms with E-state index >= 15 is 0 Å². The summed E-state index contributed by atoms with van der Waals surface area (Å²) >= 11 is 0. The van der Waals surface area contributed by atoms with E-state index < -0.39 is 0 Å². The Morgan fingerprint density at radius 1 is 1.20 bits per heavy atom. The minimum atomic E-state index is -0.343. The number of carbonyl (C=O) groups is 1. The lowest BCUT2D eigenvalue weighted by Gasteiger charge is -2.12. The molecule has 3 heteroatoms. The lowest BCUT2D eigenvalue weighted by atomic mass is 10.1. The Bertz CT molecular complexity index is 602. The second-order valence-corrected chi connectivity index (χ2v) is 5.22. The normalized spacial score (nSPS) is 10.8. The number of hydrogen-bond acceptors (Lipinski definition) is 3. The highest BCUT2D eigenvalue weighted by Gasteiger charge is 2.11. The van der Waals surface area contributed by atoms with Crippen LogP contribution in [0.15, 0.2) is 36.4 Å². The molecule has 3 nitrogen and oxygen atoms in total. The summed E-state index contributed by atoms with van der Waals surface area (Å²) in [5.74, 6) is 0.985. The van der Waals surface area contributed by atoms with Crippen LogP contribution in [-0.2, 0) is 4.74 Å². The van der Waals surface area contributed by atoms with Crippen molar-refractivity contribution in [3.8, 4) is 5.75 Å². The van der Waals surface area contributed by atoms with E-state index in [1.54, 1.807) is 6.07 Å². The summed E-state index contributed by atoms with van der Waals surface area (Å²) in [6.07, 6.45) is 0.983. The maximum absolute atomic E-state index is 11.7. The highest BCUT2D eigenvalue weighted by molar-refractivity contribution is 5.98. The molecule has 0 amide bonds. The SMILES string of the molecule is COC(=O)c1cc(OCCC(C)C)c2ccccc2c1.